The molecule has 0 aromatic heterocycles. The molecule has 0 unspecified atom stereocenters. The zero-order chi connectivity index (χ0) is 13.1. The summed E-state index contributed by atoms with van der Waals surface area (Å²) < 4.78 is 0. The first-order valence-corrected chi connectivity index (χ1v) is 6.19. The van der Waals surface area contributed by atoms with E-state index in [1.807, 2.05) is 66.9 Å². The zero-order valence-corrected chi connectivity index (χ0v) is 10.4. The van der Waals surface area contributed by atoms with E-state index in [9.17, 15) is 5.21 Å². The summed E-state index contributed by atoms with van der Waals surface area (Å²) in [7, 11) is 0. The van der Waals surface area contributed by atoms with Crippen molar-refractivity contribution in [3.8, 4) is 0 Å². The normalized spacial score (nSPS) is 16.7. The second kappa shape index (κ2) is 4.98. The van der Waals surface area contributed by atoms with Crippen LogP contribution in [-0.2, 0) is 0 Å². The van der Waals surface area contributed by atoms with Crippen molar-refractivity contribution in [2.75, 3.05) is 11.4 Å². The minimum Gasteiger partial charge on any atom is -0.411 e. The molecule has 0 aliphatic carbocycles. The van der Waals surface area contributed by atoms with E-state index in [1.165, 1.54) is 0 Å². The molecule has 0 bridgehead atoms. The number of para-hydroxylation sites is 1. The van der Waals surface area contributed by atoms with Crippen molar-refractivity contribution in [2.24, 2.45) is 5.16 Å². The number of oxime groups is 1. The van der Waals surface area contributed by atoms with Crippen molar-refractivity contribution >= 4 is 17.0 Å². The second-order valence-electron chi connectivity index (χ2n) is 4.42. The first-order valence-electron chi connectivity index (χ1n) is 6.19. The first kappa shape index (κ1) is 11.5. The van der Waals surface area contributed by atoms with Crippen LogP contribution in [0.25, 0.3) is 5.57 Å². The van der Waals surface area contributed by atoms with Gasteiger partial charge < -0.3 is 10.1 Å². The monoisotopic (exact) mass is 250 g/mol. The van der Waals surface area contributed by atoms with Gasteiger partial charge in [0.1, 0.15) is 5.71 Å². The lowest BCUT2D eigenvalue weighted by Gasteiger charge is -2.14. The lowest BCUT2D eigenvalue weighted by Crippen LogP contribution is -2.17. The second-order valence-corrected chi connectivity index (χ2v) is 4.42. The van der Waals surface area contributed by atoms with Gasteiger partial charge in [-0.1, -0.05) is 53.7 Å². The summed E-state index contributed by atoms with van der Waals surface area (Å²) >= 11 is 0. The molecule has 1 heterocycles. The fourth-order valence-corrected chi connectivity index (χ4v) is 2.25. The Morgan fingerprint density at radius 3 is 2.16 bits per heavy atom. The van der Waals surface area contributed by atoms with Crippen LogP contribution in [-0.4, -0.2) is 17.5 Å². The van der Waals surface area contributed by atoms with E-state index < -0.39 is 0 Å². The molecule has 3 nitrogen and oxygen atoms in total. The number of benzene rings is 2. The van der Waals surface area contributed by atoms with Crippen molar-refractivity contribution in [2.45, 2.75) is 0 Å². The topological polar surface area (TPSA) is 35.8 Å². The Morgan fingerprint density at radius 2 is 1.53 bits per heavy atom. The molecule has 1 N–H and O–H groups in total. The van der Waals surface area contributed by atoms with E-state index in [0.717, 1.165) is 16.8 Å². The van der Waals surface area contributed by atoms with Crippen LogP contribution in [0.15, 0.2) is 72.0 Å². The molecule has 0 atom stereocenters. The van der Waals surface area contributed by atoms with Gasteiger partial charge in [0.05, 0.1) is 6.54 Å². The van der Waals surface area contributed by atoms with Gasteiger partial charge in [-0.15, -0.1) is 0 Å². The standard InChI is InChI=1S/C16H14N2O/c19-17-16-12-18(14-9-5-2-6-10-14)11-15(16)13-7-3-1-4-8-13/h1-11,19H,12H2. The maximum atomic E-state index is 9.18. The van der Waals surface area contributed by atoms with Gasteiger partial charge in [0.25, 0.3) is 0 Å². The summed E-state index contributed by atoms with van der Waals surface area (Å²) in [6.07, 6.45) is 2.03. The van der Waals surface area contributed by atoms with Gasteiger partial charge in [0.2, 0.25) is 0 Å². The lowest BCUT2D eigenvalue weighted by molar-refractivity contribution is 0.319. The van der Waals surface area contributed by atoms with Crippen LogP contribution < -0.4 is 4.90 Å². The van der Waals surface area contributed by atoms with E-state index in [4.69, 9.17) is 0 Å². The van der Waals surface area contributed by atoms with Crippen LogP contribution in [0.3, 0.4) is 0 Å². The van der Waals surface area contributed by atoms with Gasteiger partial charge in [-0.3, -0.25) is 0 Å². The smallest absolute Gasteiger partial charge is 0.108 e. The van der Waals surface area contributed by atoms with E-state index in [0.29, 0.717) is 12.3 Å². The minimum absolute atomic E-state index is 0.588. The Labute approximate surface area is 112 Å². The Balaban J connectivity index is 1.99. The molecular formula is C16H14N2O. The molecule has 0 saturated carbocycles. The fourth-order valence-electron chi connectivity index (χ4n) is 2.25. The van der Waals surface area contributed by atoms with Crippen LogP contribution in [0, 0.1) is 0 Å². The summed E-state index contributed by atoms with van der Waals surface area (Å²) in [4.78, 5) is 2.08. The van der Waals surface area contributed by atoms with Crippen molar-refractivity contribution in [1.82, 2.24) is 0 Å². The Morgan fingerprint density at radius 1 is 0.895 bits per heavy atom. The molecule has 2 aromatic rings. The Bertz CT molecular complexity index is 618. The van der Waals surface area contributed by atoms with Crippen molar-refractivity contribution in [1.29, 1.82) is 0 Å². The third-order valence-corrected chi connectivity index (χ3v) is 3.21. The summed E-state index contributed by atoms with van der Waals surface area (Å²) in [5, 5.41) is 12.6. The average molecular weight is 250 g/mol. The fraction of sp³-hybridized carbons (Fsp3) is 0.0625. The molecular weight excluding hydrogens is 236 g/mol. The minimum atomic E-state index is 0.588. The van der Waals surface area contributed by atoms with Gasteiger partial charge in [-0.25, -0.2) is 0 Å². The van der Waals surface area contributed by atoms with Gasteiger partial charge in [0.15, 0.2) is 0 Å². The Hall–Kier alpha value is -2.55. The van der Waals surface area contributed by atoms with Gasteiger partial charge in [-0.2, -0.15) is 0 Å². The highest BCUT2D eigenvalue weighted by atomic mass is 16.4. The third kappa shape index (κ3) is 2.22. The van der Waals surface area contributed by atoms with Crippen LogP contribution >= 0.6 is 0 Å². The Kier molecular flexibility index (Phi) is 3.02. The highest BCUT2D eigenvalue weighted by Gasteiger charge is 2.22. The number of hydrogen-bond acceptors (Lipinski definition) is 3. The maximum absolute atomic E-state index is 9.18. The molecule has 1 aliphatic heterocycles. The predicted molar refractivity (Wildman–Crippen MR) is 77.4 cm³/mol. The van der Waals surface area contributed by atoms with Crippen LogP contribution in [0.4, 0.5) is 5.69 Å². The molecule has 2 aromatic carbocycles. The number of rotatable bonds is 2. The van der Waals surface area contributed by atoms with Crippen molar-refractivity contribution in [3.05, 3.63) is 72.4 Å². The van der Waals surface area contributed by atoms with Gasteiger partial charge in [-0.05, 0) is 17.7 Å². The maximum Gasteiger partial charge on any atom is 0.108 e. The number of nitrogens with zero attached hydrogens (tertiary/aromatic N) is 2. The summed E-state index contributed by atoms with van der Waals surface area (Å²) in [6, 6.07) is 20.0. The SMILES string of the molecule is ON=C1CN(c2ccccc2)C=C1c1ccccc1. The lowest BCUT2D eigenvalue weighted by atomic mass is 10.0. The molecule has 0 fully saturated rings. The van der Waals surface area contributed by atoms with Gasteiger partial charge >= 0.3 is 0 Å². The van der Waals surface area contributed by atoms with E-state index >= 15 is 0 Å². The number of hydrogen-bond donors (Lipinski definition) is 1. The molecule has 3 heteroatoms. The summed E-state index contributed by atoms with van der Waals surface area (Å²) in [5.74, 6) is 0. The van der Waals surface area contributed by atoms with Crippen molar-refractivity contribution < 1.29 is 5.21 Å². The molecule has 0 saturated heterocycles. The first-order chi connectivity index (χ1) is 9.38. The molecule has 19 heavy (non-hydrogen) atoms. The quantitative estimate of drug-likeness (QED) is 0.655. The largest absolute Gasteiger partial charge is 0.411 e. The van der Waals surface area contributed by atoms with Gasteiger partial charge in [0, 0.05) is 17.5 Å². The summed E-state index contributed by atoms with van der Waals surface area (Å²) in [5.41, 5.74) is 3.81. The number of anilines is 1. The molecule has 0 radical (unpaired) electrons. The third-order valence-electron chi connectivity index (χ3n) is 3.21. The average Bonchev–Trinajstić information content (AvgIpc) is 2.93. The zero-order valence-electron chi connectivity index (χ0n) is 10.4. The molecule has 3 rings (SSSR count). The van der Waals surface area contributed by atoms with E-state index in [-0.39, 0.29) is 0 Å². The molecule has 0 amide bonds. The molecule has 1 aliphatic rings. The van der Waals surface area contributed by atoms with Crippen LogP contribution in [0.1, 0.15) is 5.56 Å². The van der Waals surface area contributed by atoms with E-state index in [2.05, 4.69) is 10.1 Å². The summed E-state index contributed by atoms with van der Waals surface area (Å²) in [6.45, 7) is 0.588. The predicted octanol–water partition coefficient (Wildman–Crippen LogP) is 3.38. The van der Waals surface area contributed by atoms with E-state index in [1.54, 1.807) is 0 Å². The molecule has 0 spiro atoms. The molecule has 94 valence electrons. The van der Waals surface area contributed by atoms with Crippen molar-refractivity contribution in [3.63, 3.8) is 0 Å². The highest BCUT2D eigenvalue weighted by molar-refractivity contribution is 6.28. The highest BCUT2D eigenvalue weighted by Crippen LogP contribution is 2.27. The van der Waals surface area contributed by atoms with Crippen LogP contribution in [0.5, 0.6) is 0 Å². The van der Waals surface area contributed by atoms with Crippen LogP contribution in [0.2, 0.25) is 0 Å².